The summed E-state index contributed by atoms with van der Waals surface area (Å²) in [5, 5.41) is 10.4. The Bertz CT molecular complexity index is 574. The Kier molecular flexibility index (Phi) is 3.29. The molecule has 1 aliphatic heterocycles. The van der Waals surface area contributed by atoms with Crippen LogP contribution in [0.3, 0.4) is 0 Å². The minimum absolute atomic E-state index is 0.200. The molecule has 1 atom stereocenters. The number of H-pyrrole nitrogens is 1. The molecule has 5 heteroatoms. The van der Waals surface area contributed by atoms with Crippen LogP contribution >= 0.6 is 0 Å². The molecule has 1 fully saturated rings. The van der Waals surface area contributed by atoms with Crippen molar-refractivity contribution in [2.75, 3.05) is 13.1 Å². The number of benzene rings is 1. The molecule has 0 aliphatic carbocycles. The Morgan fingerprint density at radius 3 is 2.89 bits per heavy atom. The first-order valence-electron chi connectivity index (χ1n) is 6.45. The van der Waals surface area contributed by atoms with Crippen LogP contribution in [0.1, 0.15) is 24.5 Å². The van der Waals surface area contributed by atoms with Gasteiger partial charge >= 0.3 is 0 Å². The molecule has 0 bridgehead atoms. The molecule has 2 heterocycles. The van der Waals surface area contributed by atoms with Gasteiger partial charge in [0.05, 0.1) is 5.69 Å². The standard InChI is InChI=1S/C14H15F2N3/c15-10-3-4-12(16)11(6-10)14-7-13(18-19-14)9-2-1-5-17-8-9/h3-4,6-7,9,17H,1-2,5,8H2,(H,18,19). The van der Waals surface area contributed by atoms with Crippen molar-refractivity contribution in [2.45, 2.75) is 18.8 Å². The van der Waals surface area contributed by atoms with Gasteiger partial charge in [-0.15, -0.1) is 0 Å². The number of halogens is 2. The molecule has 1 aromatic carbocycles. The van der Waals surface area contributed by atoms with Crippen LogP contribution in [-0.4, -0.2) is 23.3 Å². The Morgan fingerprint density at radius 1 is 1.21 bits per heavy atom. The van der Waals surface area contributed by atoms with E-state index in [1.54, 1.807) is 0 Å². The average Bonchev–Trinajstić information content (AvgIpc) is 2.92. The van der Waals surface area contributed by atoms with E-state index < -0.39 is 11.6 Å². The molecule has 1 aliphatic rings. The fourth-order valence-electron chi connectivity index (χ4n) is 2.49. The maximum atomic E-state index is 13.7. The number of aromatic amines is 1. The van der Waals surface area contributed by atoms with E-state index in [1.807, 2.05) is 6.07 Å². The molecule has 3 rings (SSSR count). The Balaban J connectivity index is 1.89. The maximum Gasteiger partial charge on any atom is 0.132 e. The van der Waals surface area contributed by atoms with Crippen LogP contribution in [-0.2, 0) is 0 Å². The van der Waals surface area contributed by atoms with Crippen LogP contribution in [0.2, 0.25) is 0 Å². The zero-order chi connectivity index (χ0) is 13.2. The zero-order valence-electron chi connectivity index (χ0n) is 10.4. The number of rotatable bonds is 2. The summed E-state index contributed by atoms with van der Waals surface area (Å²) in [6, 6.07) is 5.22. The van der Waals surface area contributed by atoms with Gasteiger partial charge < -0.3 is 5.32 Å². The second kappa shape index (κ2) is 5.09. The average molecular weight is 263 g/mol. The summed E-state index contributed by atoms with van der Waals surface area (Å²) in [6.07, 6.45) is 2.20. The quantitative estimate of drug-likeness (QED) is 0.874. The summed E-state index contributed by atoms with van der Waals surface area (Å²) in [4.78, 5) is 0. The van der Waals surface area contributed by atoms with Crippen molar-refractivity contribution >= 4 is 0 Å². The van der Waals surface area contributed by atoms with Crippen LogP contribution in [0.4, 0.5) is 8.78 Å². The normalized spacial score (nSPS) is 19.6. The van der Waals surface area contributed by atoms with Gasteiger partial charge in [0.1, 0.15) is 11.6 Å². The molecule has 1 aromatic heterocycles. The third kappa shape index (κ3) is 2.51. The van der Waals surface area contributed by atoms with Gasteiger partial charge in [-0.25, -0.2) is 8.78 Å². The number of piperidine rings is 1. The van der Waals surface area contributed by atoms with E-state index in [4.69, 9.17) is 0 Å². The first kappa shape index (κ1) is 12.3. The molecule has 0 saturated carbocycles. The third-order valence-corrected chi connectivity index (χ3v) is 3.54. The van der Waals surface area contributed by atoms with E-state index >= 15 is 0 Å². The van der Waals surface area contributed by atoms with E-state index in [0.717, 1.165) is 43.8 Å². The molecule has 0 spiro atoms. The lowest BCUT2D eigenvalue weighted by Crippen LogP contribution is -2.28. The number of hydrogen-bond donors (Lipinski definition) is 2. The number of nitrogens with zero attached hydrogens (tertiary/aromatic N) is 1. The Hall–Kier alpha value is -1.75. The molecular formula is C14H15F2N3. The van der Waals surface area contributed by atoms with Crippen LogP contribution in [0.25, 0.3) is 11.3 Å². The van der Waals surface area contributed by atoms with Crippen molar-refractivity contribution in [3.8, 4) is 11.3 Å². The zero-order valence-corrected chi connectivity index (χ0v) is 10.4. The third-order valence-electron chi connectivity index (χ3n) is 3.54. The highest BCUT2D eigenvalue weighted by Gasteiger charge is 2.18. The minimum atomic E-state index is -0.458. The monoisotopic (exact) mass is 263 g/mol. The SMILES string of the molecule is Fc1ccc(F)c(-c2cc(C3CCCNC3)[nH]n2)c1. The van der Waals surface area contributed by atoms with Gasteiger partial charge in [0.2, 0.25) is 0 Å². The van der Waals surface area contributed by atoms with Crippen molar-refractivity contribution in [3.05, 3.63) is 41.6 Å². The largest absolute Gasteiger partial charge is 0.316 e. The first-order chi connectivity index (χ1) is 9.24. The highest BCUT2D eigenvalue weighted by atomic mass is 19.1. The molecule has 1 unspecified atom stereocenters. The fourth-order valence-corrected chi connectivity index (χ4v) is 2.49. The van der Waals surface area contributed by atoms with Gasteiger partial charge in [0, 0.05) is 23.7 Å². The lowest BCUT2D eigenvalue weighted by Gasteiger charge is -2.21. The van der Waals surface area contributed by atoms with Crippen LogP contribution in [0.5, 0.6) is 0 Å². The van der Waals surface area contributed by atoms with Crippen LogP contribution in [0.15, 0.2) is 24.3 Å². The second-order valence-electron chi connectivity index (χ2n) is 4.88. The van der Waals surface area contributed by atoms with Gasteiger partial charge in [-0.1, -0.05) is 0 Å². The molecule has 100 valence electrons. The Morgan fingerprint density at radius 2 is 2.11 bits per heavy atom. The van der Waals surface area contributed by atoms with Crippen molar-refractivity contribution in [3.63, 3.8) is 0 Å². The summed E-state index contributed by atoms with van der Waals surface area (Å²) in [5.74, 6) is -0.548. The molecule has 3 nitrogen and oxygen atoms in total. The second-order valence-corrected chi connectivity index (χ2v) is 4.88. The number of hydrogen-bond acceptors (Lipinski definition) is 2. The summed E-state index contributed by atoms with van der Waals surface area (Å²) >= 11 is 0. The summed E-state index contributed by atoms with van der Waals surface area (Å²) < 4.78 is 26.9. The molecule has 2 N–H and O–H groups in total. The van der Waals surface area contributed by atoms with E-state index in [1.165, 1.54) is 6.07 Å². The predicted molar refractivity (Wildman–Crippen MR) is 68.8 cm³/mol. The van der Waals surface area contributed by atoms with Crippen LogP contribution in [0, 0.1) is 11.6 Å². The lowest BCUT2D eigenvalue weighted by atomic mass is 9.96. The van der Waals surface area contributed by atoms with Crippen LogP contribution < -0.4 is 5.32 Å². The number of nitrogens with one attached hydrogen (secondary N) is 2. The molecule has 2 aromatic rings. The van der Waals surface area contributed by atoms with E-state index in [0.29, 0.717) is 11.6 Å². The van der Waals surface area contributed by atoms with E-state index in [-0.39, 0.29) is 5.56 Å². The Labute approximate surface area is 110 Å². The molecule has 0 amide bonds. The highest BCUT2D eigenvalue weighted by molar-refractivity contribution is 5.60. The smallest absolute Gasteiger partial charge is 0.132 e. The van der Waals surface area contributed by atoms with Crippen molar-refractivity contribution in [1.82, 2.24) is 15.5 Å². The summed E-state index contributed by atoms with van der Waals surface area (Å²) in [5.41, 5.74) is 1.63. The van der Waals surface area contributed by atoms with Gasteiger partial charge in [-0.05, 0) is 43.7 Å². The first-order valence-corrected chi connectivity index (χ1v) is 6.45. The topological polar surface area (TPSA) is 40.7 Å². The van der Waals surface area contributed by atoms with Crippen molar-refractivity contribution in [2.24, 2.45) is 0 Å². The van der Waals surface area contributed by atoms with Gasteiger partial charge in [-0.2, -0.15) is 5.10 Å². The maximum absolute atomic E-state index is 13.7. The predicted octanol–water partition coefficient (Wildman–Crippen LogP) is 2.82. The van der Waals surface area contributed by atoms with Crippen molar-refractivity contribution in [1.29, 1.82) is 0 Å². The van der Waals surface area contributed by atoms with E-state index in [2.05, 4.69) is 15.5 Å². The van der Waals surface area contributed by atoms with E-state index in [9.17, 15) is 8.78 Å². The summed E-state index contributed by atoms with van der Waals surface area (Å²) in [6.45, 7) is 1.93. The number of aromatic nitrogens is 2. The molecular weight excluding hydrogens is 248 g/mol. The minimum Gasteiger partial charge on any atom is -0.316 e. The van der Waals surface area contributed by atoms with Gasteiger partial charge in [0.25, 0.3) is 0 Å². The molecule has 0 radical (unpaired) electrons. The molecule has 19 heavy (non-hydrogen) atoms. The van der Waals surface area contributed by atoms with Gasteiger partial charge in [-0.3, -0.25) is 5.10 Å². The fraction of sp³-hybridized carbons (Fsp3) is 0.357. The molecule has 1 saturated heterocycles. The lowest BCUT2D eigenvalue weighted by molar-refractivity contribution is 0.454. The summed E-state index contributed by atoms with van der Waals surface area (Å²) in [7, 11) is 0. The van der Waals surface area contributed by atoms with Gasteiger partial charge in [0.15, 0.2) is 0 Å². The highest BCUT2D eigenvalue weighted by Crippen LogP contribution is 2.27. The van der Waals surface area contributed by atoms with Crippen molar-refractivity contribution < 1.29 is 8.78 Å².